The zero-order chi connectivity index (χ0) is 62.2. The van der Waals surface area contributed by atoms with Gasteiger partial charge in [0, 0.05) is 22.3 Å². The first-order valence-corrected chi connectivity index (χ1v) is 32.7. The van der Waals surface area contributed by atoms with E-state index in [9.17, 15) is 0 Å². The lowest BCUT2D eigenvalue weighted by Crippen LogP contribution is -1.97. The van der Waals surface area contributed by atoms with E-state index in [0.717, 1.165) is 41.0 Å². The molecule has 0 aliphatic rings. The fraction of sp³-hybridized carbons (Fsp3) is 0.287. The Kier molecular flexibility index (Phi) is 31.3. The maximum absolute atomic E-state index is 5.81. The third kappa shape index (κ3) is 24.4. The van der Waals surface area contributed by atoms with E-state index in [4.69, 9.17) is 30.4 Å². The molecule has 0 fully saturated rings. The Balaban J connectivity index is 0.000000188. The average Bonchev–Trinajstić information content (AvgIpc) is 3.78. The minimum absolute atomic E-state index is 0.808. The van der Waals surface area contributed by atoms with Crippen molar-refractivity contribution in [3.05, 3.63) is 257 Å². The summed E-state index contributed by atoms with van der Waals surface area (Å²) in [5.41, 5.74) is 20.2. The van der Waals surface area contributed by atoms with Crippen LogP contribution in [0, 0.1) is 49.4 Å². The van der Waals surface area contributed by atoms with Crippen molar-refractivity contribution in [1.82, 2.24) is 0 Å². The summed E-state index contributed by atoms with van der Waals surface area (Å²) in [7, 11) is 0. The van der Waals surface area contributed by atoms with Gasteiger partial charge in [0.1, 0.15) is 5.75 Å². The van der Waals surface area contributed by atoms with Crippen molar-refractivity contribution in [3.8, 4) is 111 Å². The van der Waals surface area contributed by atoms with E-state index in [1.54, 1.807) is 0 Å². The standard InChI is InChI=1S/C25H24.C22H26O.C21H24.C19H20/c1-3-5-6-7-21-10-14-23(15-11-21)25-18-16-24(17-19-25)22-12-8-20(4-2)9-13-22;1-3-5-6-7-8-9-18-23-22-16-14-21(15-17-22)20-12-10-19(4-2)11-13-20;1-3-5-6-7-8-9-19-12-16-21(17-13-19)20-14-10-18(4-2)11-15-20;1-3-5-6-7-17-10-14-19(15-11-17)18-12-8-16(4-2)9-13-18/h2,8-19H,3,5-7H2,1H3;2,10-17H,3,5-9,18H2,1H3;2,10-17H,3,5-9H2,1H3;2,8-15H,3,5-7H2,1H3. The third-order valence-corrected chi connectivity index (χ3v) is 15.9. The molecule has 1 heteroatoms. The first-order valence-electron chi connectivity index (χ1n) is 32.7. The Morgan fingerprint density at radius 1 is 0.227 bits per heavy atom. The van der Waals surface area contributed by atoms with Gasteiger partial charge in [-0.3, -0.25) is 0 Å². The second kappa shape index (κ2) is 40.4. The number of benzene rings is 9. The van der Waals surface area contributed by atoms with Gasteiger partial charge in [-0.05, 0) is 178 Å². The van der Waals surface area contributed by atoms with E-state index in [-0.39, 0.29) is 0 Å². The zero-order valence-corrected chi connectivity index (χ0v) is 53.4. The summed E-state index contributed by atoms with van der Waals surface area (Å²) in [6.45, 7) is 9.80. The SMILES string of the molecule is C#Cc1ccc(-c2ccc(-c3ccc(CCCCC)cc3)cc2)cc1.C#Cc1ccc(-c2ccc(CCCCC)cc2)cc1.C#Cc1ccc(-c2ccc(CCCCCCC)cc2)cc1.C#Cc1ccc(-c2ccc(OCCCCCCCC)cc2)cc1. The molecule has 0 heterocycles. The van der Waals surface area contributed by atoms with E-state index < -0.39 is 0 Å². The Morgan fingerprint density at radius 2 is 0.420 bits per heavy atom. The smallest absolute Gasteiger partial charge is 0.119 e. The van der Waals surface area contributed by atoms with Gasteiger partial charge in [0.05, 0.1) is 6.61 Å². The molecule has 0 amide bonds. The summed E-state index contributed by atoms with van der Waals surface area (Å²) >= 11 is 0. The second-order valence-corrected chi connectivity index (χ2v) is 22.8. The number of hydrogen-bond acceptors (Lipinski definition) is 1. The van der Waals surface area contributed by atoms with Crippen molar-refractivity contribution in [2.45, 2.75) is 156 Å². The summed E-state index contributed by atoms with van der Waals surface area (Å²) in [5.74, 6) is 11.5. The van der Waals surface area contributed by atoms with Crippen LogP contribution < -0.4 is 4.74 Å². The normalized spacial score (nSPS) is 10.3. The minimum atomic E-state index is 0.808. The summed E-state index contributed by atoms with van der Waals surface area (Å²) in [5, 5.41) is 0. The van der Waals surface area contributed by atoms with Gasteiger partial charge in [0.25, 0.3) is 0 Å². The molecule has 0 N–H and O–H groups in total. The van der Waals surface area contributed by atoms with Crippen LogP contribution in [0.5, 0.6) is 5.75 Å². The van der Waals surface area contributed by atoms with Crippen molar-refractivity contribution < 1.29 is 4.74 Å². The molecule has 0 aromatic heterocycles. The molecule has 0 saturated heterocycles. The fourth-order valence-electron chi connectivity index (χ4n) is 10.4. The van der Waals surface area contributed by atoms with Crippen molar-refractivity contribution in [2.24, 2.45) is 0 Å². The fourth-order valence-corrected chi connectivity index (χ4v) is 10.4. The molecule has 448 valence electrons. The van der Waals surface area contributed by atoms with Gasteiger partial charge < -0.3 is 4.74 Å². The van der Waals surface area contributed by atoms with Crippen LogP contribution >= 0.6 is 0 Å². The predicted molar refractivity (Wildman–Crippen MR) is 382 cm³/mol. The molecule has 88 heavy (non-hydrogen) atoms. The maximum atomic E-state index is 5.81. The van der Waals surface area contributed by atoms with Gasteiger partial charge in [-0.15, -0.1) is 25.7 Å². The van der Waals surface area contributed by atoms with Gasteiger partial charge >= 0.3 is 0 Å². The van der Waals surface area contributed by atoms with Crippen molar-refractivity contribution in [1.29, 1.82) is 0 Å². The number of hydrogen-bond donors (Lipinski definition) is 0. The van der Waals surface area contributed by atoms with Gasteiger partial charge in [0.15, 0.2) is 0 Å². The van der Waals surface area contributed by atoms with E-state index >= 15 is 0 Å². The maximum Gasteiger partial charge on any atom is 0.119 e. The highest BCUT2D eigenvalue weighted by Crippen LogP contribution is 2.28. The van der Waals surface area contributed by atoms with Crippen LogP contribution in [0.3, 0.4) is 0 Å². The molecule has 1 nitrogen and oxygen atoms in total. The molecule has 9 aromatic carbocycles. The van der Waals surface area contributed by atoms with E-state index in [2.05, 4.69) is 209 Å². The average molecular weight is 1160 g/mol. The molecule has 0 unspecified atom stereocenters. The van der Waals surface area contributed by atoms with Crippen LogP contribution in [-0.4, -0.2) is 6.61 Å². The van der Waals surface area contributed by atoms with E-state index in [1.807, 2.05) is 60.7 Å². The molecule has 0 spiro atoms. The number of ether oxygens (including phenoxy) is 1. The molecule has 0 radical (unpaired) electrons. The van der Waals surface area contributed by atoms with E-state index in [1.165, 1.54) is 194 Å². The molecule has 9 rings (SSSR count). The lowest BCUT2D eigenvalue weighted by atomic mass is 9.98. The number of unbranched alkanes of at least 4 members (excludes halogenated alkanes) is 13. The first-order chi connectivity index (χ1) is 43.3. The number of aryl methyl sites for hydroxylation is 3. The monoisotopic (exact) mass is 1150 g/mol. The molecular formula is C87H94O. The first kappa shape index (κ1) is 68.1. The summed E-state index contributed by atoms with van der Waals surface area (Å²) in [6.07, 6.45) is 47.3. The van der Waals surface area contributed by atoms with Gasteiger partial charge in [0.2, 0.25) is 0 Å². The molecular weight excluding hydrogens is 1060 g/mol. The molecule has 0 saturated carbocycles. The highest BCUT2D eigenvalue weighted by atomic mass is 16.5. The molecule has 0 bridgehead atoms. The lowest BCUT2D eigenvalue weighted by molar-refractivity contribution is 0.304. The van der Waals surface area contributed by atoms with Crippen LogP contribution in [0.2, 0.25) is 0 Å². The van der Waals surface area contributed by atoms with Crippen LogP contribution in [0.1, 0.15) is 176 Å². The van der Waals surface area contributed by atoms with Crippen LogP contribution in [0.4, 0.5) is 0 Å². The minimum Gasteiger partial charge on any atom is -0.494 e. The van der Waals surface area contributed by atoms with Crippen LogP contribution in [-0.2, 0) is 19.3 Å². The predicted octanol–water partition coefficient (Wildman–Crippen LogP) is 23.7. The Hall–Kier alpha value is -8.98. The van der Waals surface area contributed by atoms with Crippen LogP contribution in [0.15, 0.2) is 218 Å². The van der Waals surface area contributed by atoms with Crippen molar-refractivity contribution in [3.63, 3.8) is 0 Å². The number of rotatable bonds is 27. The quantitative estimate of drug-likeness (QED) is 0.0368. The summed E-state index contributed by atoms with van der Waals surface area (Å²) in [6, 6.07) is 76.3. The highest BCUT2D eigenvalue weighted by molar-refractivity contribution is 5.71. The highest BCUT2D eigenvalue weighted by Gasteiger charge is 2.05. The molecule has 0 aliphatic carbocycles. The Labute approximate surface area is 532 Å². The lowest BCUT2D eigenvalue weighted by Gasteiger charge is -2.08. The Bertz CT molecular complexity index is 3500. The largest absolute Gasteiger partial charge is 0.494 e. The molecule has 0 atom stereocenters. The zero-order valence-electron chi connectivity index (χ0n) is 53.4. The summed E-state index contributed by atoms with van der Waals surface area (Å²) in [4.78, 5) is 0. The van der Waals surface area contributed by atoms with Gasteiger partial charge in [-0.1, -0.05) is 293 Å². The van der Waals surface area contributed by atoms with Crippen molar-refractivity contribution in [2.75, 3.05) is 6.61 Å². The van der Waals surface area contributed by atoms with Crippen LogP contribution in [0.25, 0.3) is 55.6 Å². The number of terminal acetylenes is 4. The molecule has 0 aliphatic heterocycles. The van der Waals surface area contributed by atoms with Gasteiger partial charge in [-0.2, -0.15) is 0 Å². The van der Waals surface area contributed by atoms with E-state index in [0.29, 0.717) is 0 Å². The Morgan fingerprint density at radius 3 is 0.682 bits per heavy atom. The second-order valence-electron chi connectivity index (χ2n) is 22.8. The topological polar surface area (TPSA) is 9.23 Å². The third-order valence-electron chi connectivity index (χ3n) is 15.9. The van der Waals surface area contributed by atoms with Crippen molar-refractivity contribution >= 4 is 0 Å². The van der Waals surface area contributed by atoms with Gasteiger partial charge in [-0.25, -0.2) is 0 Å². The molecule has 9 aromatic rings. The summed E-state index contributed by atoms with van der Waals surface area (Å²) < 4.78 is 5.81.